The number of carbonyl (C=O) groups is 1. The van der Waals surface area contributed by atoms with Crippen LogP contribution in [0.25, 0.3) is 0 Å². The molecule has 0 aliphatic carbocycles. The fourth-order valence-corrected chi connectivity index (χ4v) is 1.53. The van der Waals surface area contributed by atoms with Gasteiger partial charge >= 0.3 is 5.97 Å². The van der Waals surface area contributed by atoms with E-state index < -0.39 is 0 Å². The van der Waals surface area contributed by atoms with Crippen molar-refractivity contribution in [2.75, 3.05) is 13.1 Å². The van der Waals surface area contributed by atoms with Crippen molar-refractivity contribution in [3.05, 3.63) is 0 Å². The second-order valence-electron chi connectivity index (χ2n) is 5.03. The summed E-state index contributed by atoms with van der Waals surface area (Å²) in [5.41, 5.74) is -0.355. The van der Waals surface area contributed by atoms with Crippen LogP contribution in [-0.4, -0.2) is 35.6 Å². The smallest absolute Gasteiger partial charge is 0.307 e. The zero-order valence-corrected chi connectivity index (χ0v) is 9.67. The molecule has 1 heterocycles. The highest BCUT2D eigenvalue weighted by Crippen LogP contribution is 2.15. The number of ether oxygens (including phenoxy) is 1. The molecule has 1 aliphatic rings. The van der Waals surface area contributed by atoms with E-state index in [1.165, 1.54) is 6.42 Å². The molecule has 0 amide bonds. The first-order valence-electron chi connectivity index (χ1n) is 5.34. The summed E-state index contributed by atoms with van der Waals surface area (Å²) in [6.07, 6.45) is 1.77. The lowest BCUT2D eigenvalue weighted by Crippen LogP contribution is -2.45. The van der Waals surface area contributed by atoms with Gasteiger partial charge in [0.05, 0.1) is 6.42 Å². The molecule has 0 bridgehead atoms. The minimum atomic E-state index is -0.355. The van der Waals surface area contributed by atoms with Crippen molar-refractivity contribution in [3.8, 4) is 0 Å². The molecule has 0 aromatic heterocycles. The molecule has 0 saturated carbocycles. The van der Waals surface area contributed by atoms with E-state index in [1.807, 2.05) is 20.8 Å². The molecule has 0 radical (unpaired) electrons. The van der Waals surface area contributed by atoms with E-state index in [2.05, 4.69) is 11.8 Å². The van der Waals surface area contributed by atoms with Crippen molar-refractivity contribution in [2.24, 2.45) is 0 Å². The van der Waals surface area contributed by atoms with Crippen LogP contribution in [0.15, 0.2) is 0 Å². The summed E-state index contributed by atoms with van der Waals surface area (Å²) in [4.78, 5) is 13.8. The van der Waals surface area contributed by atoms with Crippen molar-refractivity contribution in [2.45, 2.75) is 52.2 Å². The van der Waals surface area contributed by atoms with Gasteiger partial charge in [-0.3, -0.25) is 9.69 Å². The standard InChI is InChI=1S/C11H21NO2/c1-9(12-6-5-7-12)8-10(13)14-11(2,3)4/h9H,5-8H2,1-4H3. The largest absolute Gasteiger partial charge is 0.460 e. The molecule has 1 saturated heterocycles. The van der Waals surface area contributed by atoms with E-state index in [0.29, 0.717) is 12.5 Å². The summed E-state index contributed by atoms with van der Waals surface area (Å²) in [5, 5.41) is 0. The molecule has 1 unspecified atom stereocenters. The molecule has 0 aromatic rings. The van der Waals surface area contributed by atoms with Gasteiger partial charge in [-0.25, -0.2) is 0 Å². The van der Waals surface area contributed by atoms with E-state index in [-0.39, 0.29) is 11.6 Å². The van der Waals surface area contributed by atoms with E-state index in [4.69, 9.17) is 4.74 Å². The van der Waals surface area contributed by atoms with Crippen LogP contribution in [0.1, 0.15) is 40.5 Å². The van der Waals surface area contributed by atoms with E-state index in [9.17, 15) is 4.79 Å². The number of nitrogens with zero attached hydrogens (tertiary/aromatic N) is 1. The molecule has 14 heavy (non-hydrogen) atoms. The summed E-state index contributed by atoms with van der Waals surface area (Å²) in [7, 11) is 0. The van der Waals surface area contributed by atoms with Gasteiger partial charge in [0, 0.05) is 6.04 Å². The zero-order valence-electron chi connectivity index (χ0n) is 9.67. The number of rotatable bonds is 3. The van der Waals surface area contributed by atoms with E-state index >= 15 is 0 Å². The normalized spacial score (nSPS) is 20.0. The quantitative estimate of drug-likeness (QED) is 0.649. The third-order valence-electron chi connectivity index (χ3n) is 2.40. The molecule has 0 N–H and O–H groups in total. The fraction of sp³-hybridized carbons (Fsp3) is 0.909. The third-order valence-corrected chi connectivity index (χ3v) is 2.40. The van der Waals surface area contributed by atoms with E-state index in [0.717, 1.165) is 13.1 Å². The minimum Gasteiger partial charge on any atom is -0.460 e. The lowest BCUT2D eigenvalue weighted by molar-refractivity contribution is -0.156. The Hall–Kier alpha value is -0.570. The van der Waals surface area contributed by atoms with Gasteiger partial charge in [0.2, 0.25) is 0 Å². The Labute approximate surface area is 86.4 Å². The van der Waals surface area contributed by atoms with Gasteiger partial charge in [0.15, 0.2) is 0 Å². The van der Waals surface area contributed by atoms with Crippen LogP contribution in [0, 0.1) is 0 Å². The Morgan fingerprint density at radius 1 is 1.43 bits per heavy atom. The highest BCUT2D eigenvalue weighted by molar-refractivity contribution is 5.70. The first kappa shape index (κ1) is 11.5. The van der Waals surface area contributed by atoms with Gasteiger partial charge in [-0.1, -0.05) is 0 Å². The summed E-state index contributed by atoms with van der Waals surface area (Å²) in [6, 6.07) is 0.332. The van der Waals surface area contributed by atoms with Crippen LogP contribution < -0.4 is 0 Å². The fourth-order valence-electron chi connectivity index (χ4n) is 1.53. The lowest BCUT2D eigenvalue weighted by atomic mass is 10.1. The number of esters is 1. The lowest BCUT2D eigenvalue weighted by Gasteiger charge is -2.36. The molecule has 1 fully saturated rings. The van der Waals surface area contributed by atoms with Gasteiger partial charge in [-0.15, -0.1) is 0 Å². The zero-order chi connectivity index (χ0) is 10.8. The average Bonchev–Trinajstić information content (AvgIpc) is 1.75. The molecular weight excluding hydrogens is 178 g/mol. The van der Waals surface area contributed by atoms with Gasteiger partial charge < -0.3 is 4.74 Å². The van der Waals surface area contributed by atoms with E-state index in [1.54, 1.807) is 0 Å². The van der Waals surface area contributed by atoms with Crippen molar-refractivity contribution in [1.29, 1.82) is 0 Å². The third kappa shape index (κ3) is 3.66. The van der Waals surface area contributed by atoms with Crippen molar-refractivity contribution in [3.63, 3.8) is 0 Å². The minimum absolute atomic E-state index is 0.0862. The van der Waals surface area contributed by atoms with Crippen LogP contribution in [-0.2, 0) is 9.53 Å². The summed E-state index contributed by atoms with van der Waals surface area (Å²) in [6.45, 7) is 10.1. The molecular formula is C11H21NO2. The molecule has 1 atom stereocenters. The summed E-state index contributed by atoms with van der Waals surface area (Å²) >= 11 is 0. The maximum atomic E-state index is 11.5. The van der Waals surface area contributed by atoms with Crippen LogP contribution >= 0.6 is 0 Å². The molecule has 0 spiro atoms. The molecule has 3 nitrogen and oxygen atoms in total. The molecule has 1 rings (SSSR count). The molecule has 82 valence electrons. The van der Waals surface area contributed by atoms with Gasteiger partial charge in [-0.2, -0.15) is 0 Å². The molecule has 3 heteroatoms. The molecule has 1 aliphatic heterocycles. The van der Waals surface area contributed by atoms with Crippen LogP contribution in [0.5, 0.6) is 0 Å². The summed E-state index contributed by atoms with van der Waals surface area (Å²) in [5.74, 6) is -0.0862. The number of hydrogen-bond acceptors (Lipinski definition) is 3. The van der Waals surface area contributed by atoms with Gasteiger partial charge in [0.25, 0.3) is 0 Å². The maximum absolute atomic E-state index is 11.5. The number of carbonyl (C=O) groups excluding carboxylic acids is 1. The Kier molecular flexibility index (Phi) is 3.53. The Balaban J connectivity index is 2.25. The Morgan fingerprint density at radius 2 is 2.00 bits per heavy atom. The predicted octanol–water partition coefficient (Wildman–Crippen LogP) is 1.81. The second kappa shape index (κ2) is 4.30. The highest BCUT2D eigenvalue weighted by atomic mass is 16.6. The number of likely N-dealkylation sites (tertiary alicyclic amines) is 1. The van der Waals surface area contributed by atoms with Crippen molar-refractivity contribution < 1.29 is 9.53 Å². The average molecular weight is 199 g/mol. The maximum Gasteiger partial charge on any atom is 0.307 e. The monoisotopic (exact) mass is 199 g/mol. The Bertz CT molecular complexity index is 204. The SMILES string of the molecule is CC(CC(=O)OC(C)(C)C)N1CCC1. The number of hydrogen-bond donors (Lipinski definition) is 0. The first-order chi connectivity index (χ1) is 6.38. The topological polar surface area (TPSA) is 29.5 Å². The van der Waals surface area contributed by atoms with Gasteiger partial charge in [-0.05, 0) is 47.2 Å². The van der Waals surface area contributed by atoms with Crippen molar-refractivity contribution >= 4 is 5.97 Å². The second-order valence-corrected chi connectivity index (χ2v) is 5.03. The molecule has 0 aromatic carbocycles. The van der Waals surface area contributed by atoms with Crippen LogP contribution in [0.3, 0.4) is 0 Å². The highest BCUT2D eigenvalue weighted by Gasteiger charge is 2.24. The summed E-state index contributed by atoms with van der Waals surface area (Å²) < 4.78 is 5.26. The first-order valence-corrected chi connectivity index (χ1v) is 5.34. The van der Waals surface area contributed by atoms with Crippen LogP contribution in [0.2, 0.25) is 0 Å². The predicted molar refractivity (Wildman–Crippen MR) is 56.1 cm³/mol. The van der Waals surface area contributed by atoms with Crippen molar-refractivity contribution in [1.82, 2.24) is 4.90 Å². The van der Waals surface area contributed by atoms with Crippen LogP contribution in [0.4, 0.5) is 0 Å². The van der Waals surface area contributed by atoms with Gasteiger partial charge in [0.1, 0.15) is 5.60 Å². The Morgan fingerprint density at radius 3 is 2.36 bits per heavy atom.